The molecular weight excluding hydrogens is 168 g/mol. The molecule has 0 aromatic carbocycles. The summed E-state index contributed by atoms with van der Waals surface area (Å²) in [5.41, 5.74) is 0. The van der Waals surface area contributed by atoms with Crippen molar-refractivity contribution in [1.82, 2.24) is 4.98 Å². The highest BCUT2D eigenvalue weighted by atomic mass is 32.1. The predicted molar refractivity (Wildman–Crippen MR) is 46.5 cm³/mol. The minimum Gasteiger partial charge on any atom is -0.432 e. The molecular formula is C5H6N2OS2. The van der Waals surface area contributed by atoms with Crippen LogP contribution in [0.2, 0.25) is 0 Å². The van der Waals surface area contributed by atoms with E-state index in [4.69, 9.17) is 16.6 Å². The fourth-order valence-corrected chi connectivity index (χ4v) is 0.627. The minimum absolute atomic E-state index is 0.433. The zero-order valence-corrected chi connectivity index (χ0v) is 7.02. The maximum absolute atomic E-state index is 4.94. The largest absolute Gasteiger partial charge is 0.432 e. The van der Waals surface area contributed by atoms with Gasteiger partial charge in [0.05, 0.1) is 6.20 Å². The SMILES string of the molecule is CN(C(=S)S)c1ncco1. The van der Waals surface area contributed by atoms with Crippen molar-refractivity contribution in [2.45, 2.75) is 0 Å². The van der Waals surface area contributed by atoms with Crippen LogP contribution in [-0.2, 0) is 0 Å². The van der Waals surface area contributed by atoms with Gasteiger partial charge < -0.3 is 4.42 Å². The lowest BCUT2D eigenvalue weighted by Gasteiger charge is -2.09. The van der Waals surface area contributed by atoms with Crippen molar-refractivity contribution in [2.24, 2.45) is 0 Å². The van der Waals surface area contributed by atoms with Crippen molar-refractivity contribution in [2.75, 3.05) is 11.9 Å². The van der Waals surface area contributed by atoms with Crippen LogP contribution in [0.3, 0.4) is 0 Å². The maximum Gasteiger partial charge on any atom is 0.302 e. The summed E-state index contributed by atoms with van der Waals surface area (Å²) in [5.74, 6) is 0. The zero-order chi connectivity index (χ0) is 7.56. The molecule has 0 spiro atoms. The molecule has 1 heterocycles. The summed E-state index contributed by atoms with van der Waals surface area (Å²) in [4.78, 5) is 5.43. The van der Waals surface area contributed by atoms with Crippen LogP contribution in [0.1, 0.15) is 0 Å². The van der Waals surface area contributed by atoms with Gasteiger partial charge in [0.25, 0.3) is 0 Å². The lowest BCUT2D eigenvalue weighted by Crippen LogP contribution is -2.19. The second kappa shape index (κ2) is 3.03. The number of oxazole rings is 1. The third-order valence-corrected chi connectivity index (χ3v) is 1.57. The van der Waals surface area contributed by atoms with E-state index in [1.165, 1.54) is 6.26 Å². The number of aromatic nitrogens is 1. The molecule has 54 valence electrons. The van der Waals surface area contributed by atoms with E-state index in [1.807, 2.05) is 0 Å². The zero-order valence-electron chi connectivity index (χ0n) is 5.31. The normalized spacial score (nSPS) is 9.40. The topological polar surface area (TPSA) is 29.3 Å². The number of anilines is 1. The summed E-state index contributed by atoms with van der Waals surface area (Å²) < 4.78 is 5.37. The van der Waals surface area contributed by atoms with Gasteiger partial charge in [-0.3, -0.25) is 4.90 Å². The van der Waals surface area contributed by atoms with Gasteiger partial charge in [-0.2, -0.15) is 0 Å². The first kappa shape index (κ1) is 7.56. The van der Waals surface area contributed by atoms with Crippen molar-refractivity contribution in [1.29, 1.82) is 0 Å². The Labute approximate surface area is 69.4 Å². The summed E-state index contributed by atoms with van der Waals surface area (Å²) >= 11 is 8.69. The number of hydrogen-bond acceptors (Lipinski definition) is 3. The van der Waals surface area contributed by atoms with Gasteiger partial charge in [-0.15, -0.1) is 12.6 Å². The Morgan fingerprint density at radius 1 is 1.90 bits per heavy atom. The van der Waals surface area contributed by atoms with Gasteiger partial charge in [0, 0.05) is 7.05 Å². The van der Waals surface area contributed by atoms with Crippen LogP contribution in [0.4, 0.5) is 6.01 Å². The van der Waals surface area contributed by atoms with Crippen LogP contribution in [0.25, 0.3) is 0 Å². The van der Waals surface area contributed by atoms with Crippen molar-refractivity contribution in [3.63, 3.8) is 0 Å². The maximum atomic E-state index is 4.94. The Kier molecular flexibility index (Phi) is 2.29. The molecule has 0 aliphatic heterocycles. The van der Waals surface area contributed by atoms with Gasteiger partial charge in [0.1, 0.15) is 10.6 Å². The first-order chi connectivity index (χ1) is 4.72. The molecule has 0 radical (unpaired) electrons. The molecule has 0 aliphatic rings. The van der Waals surface area contributed by atoms with Crippen LogP contribution in [-0.4, -0.2) is 16.4 Å². The molecule has 5 heteroatoms. The molecule has 0 fully saturated rings. The molecule has 0 saturated carbocycles. The Hall–Kier alpha value is -0.550. The Morgan fingerprint density at radius 3 is 3.00 bits per heavy atom. The summed E-state index contributed by atoms with van der Waals surface area (Å²) in [6.45, 7) is 0. The Bertz CT molecular complexity index is 222. The van der Waals surface area contributed by atoms with E-state index in [0.717, 1.165) is 0 Å². The van der Waals surface area contributed by atoms with Crippen LogP contribution in [0, 0.1) is 0 Å². The minimum atomic E-state index is 0.433. The average Bonchev–Trinajstić information content (AvgIpc) is 2.36. The monoisotopic (exact) mass is 174 g/mol. The molecule has 0 unspecified atom stereocenters. The smallest absolute Gasteiger partial charge is 0.302 e. The number of thiol groups is 1. The molecule has 0 atom stereocenters. The van der Waals surface area contributed by atoms with Crippen LogP contribution < -0.4 is 4.90 Å². The molecule has 1 rings (SSSR count). The van der Waals surface area contributed by atoms with Crippen molar-refractivity contribution in [3.8, 4) is 0 Å². The van der Waals surface area contributed by atoms with E-state index in [9.17, 15) is 0 Å². The highest BCUT2D eigenvalue weighted by molar-refractivity contribution is 8.11. The average molecular weight is 174 g/mol. The standard InChI is InChI=1S/C5H6N2OS2/c1-7(5(9)10)4-6-2-3-8-4/h2-3H,1H3,(H,9,10). The second-order valence-corrected chi connectivity index (χ2v) is 2.77. The van der Waals surface area contributed by atoms with E-state index in [1.54, 1.807) is 18.1 Å². The molecule has 1 aromatic rings. The van der Waals surface area contributed by atoms with Crippen LogP contribution in [0.15, 0.2) is 16.9 Å². The second-order valence-electron chi connectivity index (χ2n) is 1.66. The number of nitrogens with zero attached hydrogens (tertiary/aromatic N) is 2. The molecule has 0 N–H and O–H groups in total. The third kappa shape index (κ3) is 1.48. The van der Waals surface area contributed by atoms with Crippen molar-refractivity contribution in [3.05, 3.63) is 12.5 Å². The summed E-state index contributed by atoms with van der Waals surface area (Å²) in [6, 6.07) is 0.458. The first-order valence-corrected chi connectivity index (χ1v) is 3.43. The van der Waals surface area contributed by atoms with Crippen LogP contribution in [0.5, 0.6) is 0 Å². The summed E-state index contributed by atoms with van der Waals surface area (Å²) in [5, 5.41) is 0. The van der Waals surface area contributed by atoms with Gasteiger partial charge in [-0.1, -0.05) is 12.2 Å². The molecule has 0 amide bonds. The van der Waals surface area contributed by atoms with E-state index < -0.39 is 0 Å². The fourth-order valence-electron chi connectivity index (χ4n) is 0.463. The lowest BCUT2D eigenvalue weighted by molar-refractivity contribution is 0.565. The summed E-state index contributed by atoms with van der Waals surface area (Å²) in [7, 11) is 1.74. The van der Waals surface area contributed by atoms with E-state index >= 15 is 0 Å². The van der Waals surface area contributed by atoms with E-state index in [-0.39, 0.29) is 0 Å². The Morgan fingerprint density at radius 2 is 2.60 bits per heavy atom. The highest BCUT2D eigenvalue weighted by Crippen LogP contribution is 2.09. The van der Waals surface area contributed by atoms with Crippen molar-refractivity contribution < 1.29 is 4.42 Å². The number of hydrogen-bond donors (Lipinski definition) is 1. The molecule has 10 heavy (non-hydrogen) atoms. The molecule has 0 bridgehead atoms. The van der Waals surface area contributed by atoms with E-state index in [2.05, 4.69) is 17.6 Å². The van der Waals surface area contributed by atoms with Crippen molar-refractivity contribution >= 4 is 35.2 Å². The van der Waals surface area contributed by atoms with Gasteiger partial charge in [0.15, 0.2) is 0 Å². The predicted octanol–water partition coefficient (Wildman–Crippen LogP) is 1.33. The first-order valence-electron chi connectivity index (χ1n) is 2.58. The van der Waals surface area contributed by atoms with Gasteiger partial charge in [0.2, 0.25) is 0 Å². The van der Waals surface area contributed by atoms with Gasteiger partial charge in [-0.05, 0) is 0 Å². The molecule has 0 saturated heterocycles. The molecule has 1 aromatic heterocycles. The van der Waals surface area contributed by atoms with Gasteiger partial charge >= 0.3 is 6.01 Å². The highest BCUT2D eigenvalue weighted by Gasteiger charge is 2.05. The van der Waals surface area contributed by atoms with Gasteiger partial charge in [-0.25, -0.2) is 4.98 Å². The number of thiocarbonyl (C=S) groups is 1. The number of rotatable bonds is 1. The summed E-state index contributed by atoms with van der Waals surface area (Å²) in [6.07, 6.45) is 3.04. The fraction of sp³-hybridized carbons (Fsp3) is 0.200. The molecule has 0 aliphatic carbocycles. The van der Waals surface area contributed by atoms with E-state index in [0.29, 0.717) is 10.3 Å². The quantitative estimate of drug-likeness (QED) is 0.513. The third-order valence-electron chi connectivity index (χ3n) is 0.993. The lowest BCUT2D eigenvalue weighted by atomic mass is 10.9. The Balaban J connectivity index is 2.77. The molecule has 3 nitrogen and oxygen atoms in total. The van der Waals surface area contributed by atoms with Crippen LogP contribution >= 0.6 is 24.8 Å².